The molecule has 2 aliphatic rings. The van der Waals surface area contributed by atoms with Crippen LogP contribution in [0.3, 0.4) is 0 Å². The van der Waals surface area contributed by atoms with Gasteiger partial charge < -0.3 is 19.5 Å². The zero-order chi connectivity index (χ0) is 17.8. The van der Waals surface area contributed by atoms with Crippen molar-refractivity contribution in [3.63, 3.8) is 0 Å². The summed E-state index contributed by atoms with van der Waals surface area (Å²) in [5.41, 5.74) is 2.29. The van der Waals surface area contributed by atoms with Gasteiger partial charge in [0.15, 0.2) is 11.5 Å². The molecule has 0 unspecified atom stereocenters. The van der Waals surface area contributed by atoms with Crippen molar-refractivity contribution in [1.82, 2.24) is 5.32 Å². The first kappa shape index (κ1) is 17.5. The smallest absolute Gasteiger partial charge is 0.179 e. The maximum Gasteiger partial charge on any atom is 0.179 e. The van der Waals surface area contributed by atoms with E-state index in [9.17, 15) is 0 Å². The second-order valence-corrected chi connectivity index (χ2v) is 7.28. The third-order valence-electron chi connectivity index (χ3n) is 4.82. The quantitative estimate of drug-likeness (QED) is 0.795. The second-order valence-electron chi connectivity index (χ2n) is 6.88. The number of benzene rings is 2. The zero-order valence-electron chi connectivity index (χ0n) is 14.8. The van der Waals surface area contributed by atoms with E-state index in [4.69, 9.17) is 25.8 Å². The average Bonchev–Trinajstić information content (AvgIpc) is 3.15. The average molecular weight is 374 g/mol. The van der Waals surface area contributed by atoms with Gasteiger partial charge in [0.05, 0.1) is 11.1 Å². The molecule has 138 valence electrons. The van der Waals surface area contributed by atoms with Crippen molar-refractivity contribution in [2.75, 3.05) is 13.2 Å². The fraction of sp³-hybridized carbons (Fsp3) is 0.429. The van der Waals surface area contributed by atoms with Crippen LogP contribution in [-0.2, 0) is 13.1 Å². The summed E-state index contributed by atoms with van der Waals surface area (Å²) in [6.07, 6.45) is 5.30. The number of halogens is 1. The lowest BCUT2D eigenvalue weighted by molar-refractivity contribution is 0.171. The third kappa shape index (κ3) is 4.25. The van der Waals surface area contributed by atoms with E-state index in [-0.39, 0.29) is 0 Å². The highest BCUT2D eigenvalue weighted by molar-refractivity contribution is 6.32. The van der Waals surface area contributed by atoms with Crippen LogP contribution in [0.5, 0.6) is 17.2 Å². The predicted octanol–water partition coefficient (Wildman–Crippen LogP) is 4.72. The maximum atomic E-state index is 6.30. The molecule has 1 aliphatic heterocycles. The Morgan fingerprint density at radius 3 is 2.69 bits per heavy atom. The lowest BCUT2D eigenvalue weighted by Gasteiger charge is -2.20. The summed E-state index contributed by atoms with van der Waals surface area (Å²) < 4.78 is 17.3. The molecule has 1 heterocycles. The van der Waals surface area contributed by atoms with E-state index in [1.54, 1.807) is 0 Å². The van der Waals surface area contributed by atoms with E-state index < -0.39 is 0 Å². The van der Waals surface area contributed by atoms with Crippen LogP contribution in [0.15, 0.2) is 36.4 Å². The normalized spacial score (nSPS) is 16.7. The maximum absolute atomic E-state index is 6.30. The Morgan fingerprint density at radius 1 is 1.00 bits per heavy atom. The molecule has 0 atom stereocenters. The number of nitrogens with one attached hydrogen (secondary N) is 1. The molecule has 0 spiro atoms. The monoisotopic (exact) mass is 373 g/mol. The second kappa shape index (κ2) is 8.19. The first-order valence-electron chi connectivity index (χ1n) is 9.32. The molecule has 26 heavy (non-hydrogen) atoms. The summed E-state index contributed by atoms with van der Waals surface area (Å²) in [6.45, 7) is 2.59. The third-order valence-corrected chi connectivity index (χ3v) is 5.10. The minimum absolute atomic E-state index is 0.387. The molecule has 2 aromatic carbocycles. The Bertz CT molecular complexity index is 759. The zero-order valence-corrected chi connectivity index (χ0v) is 15.6. The largest absolute Gasteiger partial charge is 0.490 e. The molecule has 1 saturated carbocycles. The van der Waals surface area contributed by atoms with Gasteiger partial charge in [0.25, 0.3) is 0 Å². The van der Waals surface area contributed by atoms with E-state index >= 15 is 0 Å². The first-order valence-corrected chi connectivity index (χ1v) is 9.70. The summed E-state index contributed by atoms with van der Waals surface area (Å²) in [4.78, 5) is 0. The van der Waals surface area contributed by atoms with E-state index in [2.05, 4.69) is 23.5 Å². The van der Waals surface area contributed by atoms with Crippen LogP contribution < -0.4 is 19.5 Å². The fourth-order valence-corrected chi connectivity index (χ4v) is 3.83. The molecule has 4 nitrogen and oxygen atoms in total. The van der Waals surface area contributed by atoms with Crippen molar-refractivity contribution in [2.45, 2.75) is 44.9 Å². The topological polar surface area (TPSA) is 39.7 Å². The molecule has 4 rings (SSSR count). The van der Waals surface area contributed by atoms with Gasteiger partial charge in [0, 0.05) is 13.1 Å². The van der Waals surface area contributed by atoms with Gasteiger partial charge in [-0.05, 0) is 61.1 Å². The van der Waals surface area contributed by atoms with Gasteiger partial charge in [-0.3, -0.25) is 0 Å². The number of hydrogen-bond acceptors (Lipinski definition) is 4. The SMILES string of the molecule is Clc1cc(CNCc2cccc(OC3CCCC3)c2)cc2c1OCCO2. The van der Waals surface area contributed by atoms with Crippen LogP contribution in [0.1, 0.15) is 36.8 Å². The van der Waals surface area contributed by atoms with Gasteiger partial charge in [-0.2, -0.15) is 0 Å². The molecule has 0 radical (unpaired) electrons. The Hall–Kier alpha value is -1.91. The van der Waals surface area contributed by atoms with Crippen LogP contribution in [-0.4, -0.2) is 19.3 Å². The molecule has 0 aromatic heterocycles. The molecule has 1 N–H and O–H groups in total. The Balaban J connectivity index is 1.34. The van der Waals surface area contributed by atoms with Gasteiger partial charge in [0.2, 0.25) is 0 Å². The van der Waals surface area contributed by atoms with E-state index in [1.807, 2.05) is 18.2 Å². The van der Waals surface area contributed by atoms with Crippen molar-refractivity contribution < 1.29 is 14.2 Å². The van der Waals surface area contributed by atoms with Gasteiger partial charge in [-0.15, -0.1) is 0 Å². The standard InChI is InChI=1S/C21H24ClNO3/c22-19-11-16(12-20-21(19)25-9-8-24-20)14-23-13-15-4-3-7-18(10-15)26-17-5-1-2-6-17/h3-4,7,10-12,17,23H,1-2,5-6,8-9,13-14H2. The van der Waals surface area contributed by atoms with E-state index in [0.717, 1.165) is 23.6 Å². The minimum Gasteiger partial charge on any atom is -0.490 e. The highest BCUT2D eigenvalue weighted by atomic mass is 35.5. The van der Waals surface area contributed by atoms with Crippen LogP contribution in [0.4, 0.5) is 0 Å². The summed E-state index contributed by atoms with van der Waals surface area (Å²) in [6, 6.07) is 12.3. The summed E-state index contributed by atoms with van der Waals surface area (Å²) in [5.74, 6) is 2.35. The summed E-state index contributed by atoms with van der Waals surface area (Å²) in [7, 11) is 0. The van der Waals surface area contributed by atoms with Crippen LogP contribution >= 0.6 is 11.6 Å². The fourth-order valence-electron chi connectivity index (χ4n) is 3.54. The van der Waals surface area contributed by atoms with Crippen molar-refractivity contribution in [2.24, 2.45) is 0 Å². The number of hydrogen-bond donors (Lipinski definition) is 1. The van der Waals surface area contributed by atoms with Crippen LogP contribution in [0.25, 0.3) is 0 Å². The van der Waals surface area contributed by atoms with E-state index in [1.165, 1.54) is 31.2 Å². The van der Waals surface area contributed by atoms with Crippen molar-refractivity contribution in [3.8, 4) is 17.2 Å². The summed E-state index contributed by atoms with van der Waals surface area (Å²) >= 11 is 6.30. The highest BCUT2D eigenvalue weighted by Crippen LogP contribution is 2.38. The van der Waals surface area contributed by atoms with Crippen molar-refractivity contribution >= 4 is 11.6 Å². The molecule has 2 aromatic rings. The van der Waals surface area contributed by atoms with Crippen molar-refractivity contribution in [3.05, 3.63) is 52.5 Å². The number of fused-ring (bicyclic) bond motifs is 1. The molecular weight excluding hydrogens is 350 g/mol. The first-order chi connectivity index (χ1) is 12.8. The molecule has 0 bridgehead atoms. The Labute approximate surface area is 159 Å². The van der Waals surface area contributed by atoms with Crippen LogP contribution in [0, 0.1) is 0 Å². The molecule has 1 fully saturated rings. The number of ether oxygens (including phenoxy) is 3. The van der Waals surface area contributed by atoms with Gasteiger partial charge >= 0.3 is 0 Å². The van der Waals surface area contributed by atoms with Crippen LogP contribution in [0.2, 0.25) is 5.02 Å². The molecule has 0 saturated heterocycles. The Morgan fingerprint density at radius 2 is 1.81 bits per heavy atom. The number of rotatable bonds is 6. The summed E-state index contributed by atoms with van der Waals surface area (Å²) in [5, 5.41) is 4.07. The minimum atomic E-state index is 0.387. The predicted molar refractivity (Wildman–Crippen MR) is 102 cm³/mol. The van der Waals surface area contributed by atoms with Crippen molar-refractivity contribution in [1.29, 1.82) is 0 Å². The Kier molecular flexibility index (Phi) is 5.51. The van der Waals surface area contributed by atoms with Gasteiger partial charge in [0.1, 0.15) is 19.0 Å². The lowest BCUT2D eigenvalue weighted by atomic mass is 10.1. The van der Waals surface area contributed by atoms with E-state index in [0.29, 0.717) is 36.6 Å². The molecular formula is C21H24ClNO3. The lowest BCUT2D eigenvalue weighted by Crippen LogP contribution is -2.17. The molecule has 0 amide bonds. The van der Waals surface area contributed by atoms with Gasteiger partial charge in [-0.25, -0.2) is 0 Å². The molecule has 1 aliphatic carbocycles. The highest BCUT2D eigenvalue weighted by Gasteiger charge is 2.17. The molecule has 5 heteroatoms. The van der Waals surface area contributed by atoms with Gasteiger partial charge in [-0.1, -0.05) is 23.7 Å².